The number of piperidine rings is 1. The number of aryl methyl sites for hydroxylation is 1. The summed E-state index contributed by atoms with van der Waals surface area (Å²) in [6.45, 7) is 3.56. The monoisotopic (exact) mass is 432 g/mol. The average molecular weight is 433 g/mol. The van der Waals surface area contributed by atoms with Crippen LogP contribution in [-0.4, -0.2) is 52.9 Å². The molecule has 2 aromatic carbocycles. The second-order valence-corrected chi connectivity index (χ2v) is 9.48. The Morgan fingerprint density at radius 2 is 1.50 bits per heavy atom. The Morgan fingerprint density at radius 3 is 2.22 bits per heavy atom. The fraction of sp³-hybridized carbons (Fsp3) is 0.481. The van der Waals surface area contributed by atoms with Gasteiger partial charge < -0.3 is 10.0 Å². The molecule has 0 aromatic heterocycles. The molecule has 0 spiro atoms. The molecule has 168 valence electrons. The molecule has 2 amide bonds. The number of phenolic OH excluding ortho intramolecular Hbond substituents is 1. The lowest BCUT2D eigenvalue weighted by atomic mass is 9.83. The van der Waals surface area contributed by atoms with Crippen molar-refractivity contribution in [3.05, 3.63) is 64.2 Å². The third kappa shape index (κ3) is 3.95. The molecule has 0 unspecified atom stereocenters. The van der Waals surface area contributed by atoms with Crippen LogP contribution in [-0.2, 0) is 12.8 Å². The van der Waals surface area contributed by atoms with Crippen molar-refractivity contribution in [1.29, 1.82) is 0 Å². The zero-order valence-electron chi connectivity index (χ0n) is 18.7. The van der Waals surface area contributed by atoms with Gasteiger partial charge in [0.25, 0.3) is 11.8 Å². The highest BCUT2D eigenvalue weighted by atomic mass is 16.3. The summed E-state index contributed by atoms with van der Waals surface area (Å²) in [6.07, 6.45) is 8.48. The van der Waals surface area contributed by atoms with E-state index in [1.807, 2.05) is 0 Å². The predicted molar refractivity (Wildman–Crippen MR) is 124 cm³/mol. The Labute approximate surface area is 190 Å². The fourth-order valence-electron chi connectivity index (χ4n) is 5.67. The van der Waals surface area contributed by atoms with E-state index in [0.717, 1.165) is 63.7 Å². The Morgan fingerprint density at radius 1 is 0.844 bits per heavy atom. The highest BCUT2D eigenvalue weighted by Gasteiger charge is 2.34. The van der Waals surface area contributed by atoms with E-state index < -0.39 is 0 Å². The van der Waals surface area contributed by atoms with Crippen LogP contribution in [0.2, 0.25) is 0 Å². The molecule has 3 aliphatic rings. The van der Waals surface area contributed by atoms with Crippen molar-refractivity contribution in [2.75, 3.05) is 26.2 Å². The third-order valence-corrected chi connectivity index (χ3v) is 7.55. The molecule has 5 heteroatoms. The van der Waals surface area contributed by atoms with E-state index in [9.17, 15) is 14.7 Å². The molecule has 0 saturated carbocycles. The molecule has 2 aromatic rings. The van der Waals surface area contributed by atoms with Crippen LogP contribution in [0.15, 0.2) is 36.4 Å². The number of nitrogens with zero attached hydrogens (tertiary/aromatic N) is 2. The summed E-state index contributed by atoms with van der Waals surface area (Å²) in [6, 6.07) is 11.5. The summed E-state index contributed by atoms with van der Waals surface area (Å²) in [5, 5.41) is 10.9. The van der Waals surface area contributed by atoms with Gasteiger partial charge in [0, 0.05) is 6.54 Å². The second kappa shape index (κ2) is 9.07. The highest BCUT2D eigenvalue weighted by molar-refractivity contribution is 6.21. The molecule has 5 nitrogen and oxygen atoms in total. The molecular weight excluding hydrogens is 400 g/mol. The van der Waals surface area contributed by atoms with Gasteiger partial charge in [-0.25, -0.2) is 0 Å². The molecule has 0 bridgehead atoms. The molecule has 5 rings (SSSR count). The minimum absolute atomic E-state index is 0.156. The lowest BCUT2D eigenvalue weighted by Crippen LogP contribution is -2.35. The molecule has 2 heterocycles. The van der Waals surface area contributed by atoms with Gasteiger partial charge in [0.1, 0.15) is 5.75 Å². The standard InChI is InChI=1S/C27H32N2O3/c30-25-21-8-2-1-7-19(21)11-12-22(25)20-13-17-28(18-14-20)15-5-6-16-29-26(31)23-9-3-4-10-24(23)27(29)32/h3-4,9-12,20,30H,1-2,5-8,13-18H2. The van der Waals surface area contributed by atoms with Gasteiger partial charge in [-0.15, -0.1) is 0 Å². The second-order valence-electron chi connectivity index (χ2n) is 9.48. The van der Waals surface area contributed by atoms with Gasteiger partial charge in [0.05, 0.1) is 11.1 Å². The number of fused-ring (bicyclic) bond motifs is 2. The summed E-state index contributed by atoms with van der Waals surface area (Å²) in [7, 11) is 0. The van der Waals surface area contributed by atoms with Crippen LogP contribution >= 0.6 is 0 Å². The van der Waals surface area contributed by atoms with Crippen LogP contribution in [0, 0.1) is 0 Å². The number of imide groups is 1. The molecule has 1 N–H and O–H groups in total. The number of carbonyl (C=O) groups is 2. The minimum Gasteiger partial charge on any atom is -0.507 e. The fourth-order valence-corrected chi connectivity index (χ4v) is 5.67. The first kappa shape index (κ1) is 21.2. The van der Waals surface area contributed by atoms with Crippen molar-refractivity contribution >= 4 is 11.8 Å². The predicted octanol–water partition coefficient (Wildman–Crippen LogP) is 4.53. The maximum Gasteiger partial charge on any atom is 0.261 e. The summed E-state index contributed by atoms with van der Waals surface area (Å²) in [5.74, 6) is 0.700. The van der Waals surface area contributed by atoms with Gasteiger partial charge in [-0.2, -0.15) is 0 Å². The van der Waals surface area contributed by atoms with Crippen LogP contribution in [0.4, 0.5) is 0 Å². The van der Waals surface area contributed by atoms with E-state index in [-0.39, 0.29) is 11.8 Å². The van der Waals surface area contributed by atoms with Crippen LogP contribution in [0.3, 0.4) is 0 Å². The van der Waals surface area contributed by atoms with Crippen LogP contribution in [0.1, 0.15) is 81.8 Å². The Hall–Kier alpha value is -2.66. The van der Waals surface area contributed by atoms with E-state index in [1.165, 1.54) is 28.9 Å². The van der Waals surface area contributed by atoms with E-state index in [2.05, 4.69) is 17.0 Å². The number of unbranched alkanes of at least 4 members (excludes halogenated alkanes) is 1. The van der Waals surface area contributed by atoms with Gasteiger partial charge in [0.15, 0.2) is 0 Å². The van der Waals surface area contributed by atoms with E-state index in [4.69, 9.17) is 0 Å². The number of hydrogen-bond donors (Lipinski definition) is 1. The first-order chi connectivity index (χ1) is 15.6. The van der Waals surface area contributed by atoms with Crippen molar-refractivity contribution in [3.63, 3.8) is 0 Å². The summed E-state index contributed by atoms with van der Waals surface area (Å²) in [4.78, 5) is 28.8. The molecule has 2 aliphatic heterocycles. The average Bonchev–Trinajstić information content (AvgIpc) is 3.08. The van der Waals surface area contributed by atoms with E-state index in [1.54, 1.807) is 24.3 Å². The van der Waals surface area contributed by atoms with Crippen LogP contribution in [0.5, 0.6) is 5.75 Å². The van der Waals surface area contributed by atoms with E-state index >= 15 is 0 Å². The van der Waals surface area contributed by atoms with Gasteiger partial charge >= 0.3 is 0 Å². The number of hydrogen-bond acceptors (Lipinski definition) is 4. The Bertz CT molecular complexity index is 989. The number of aromatic hydroxyl groups is 1. The zero-order valence-corrected chi connectivity index (χ0v) is 18.7. The molecule has 1 aliphatic carbocycles. The topological polar surface area (TPSA) is 60.9 Å². The summed E-state index contributed by atoms with van der Waals surface area (Å²) < 4.78 is 0. The highest BCUT2D eigenvalue weighted by Crippen LogP contribution is 2.39. The van der Waals surface area contributed by atoms with Gasteiger partial charge in [0.2, 0.25) is 0 Å². The lowest BCUT2D eigenvalue weighted by molar-refractivity contribution is 0.0649. The van der Waals surface area contributed by atoms with Crippen molar-refractivity contribution in [3.8, 4) is 5.75 Å². The van der Waals surface area contributed by atoms with Gasteiger partial charge in [-0.1, -0.05) is 24.3 Å². The maximum atomic E-state index is 12.5. The molecule has 0 radical (unpaired) electrons. The third-order valence-electron chi connectivity index (χ3n) is 7.55. The smallest absolute Gasteiger partial charge is 0.261 e. The summed E-state index contributed by atoms with van der Waals surface area (Å²) >= 11 is 0. The van der Waals surface area contributed by atoms with Crippen molar-refractivity contribution in [2.24, 2.45) is 0 Å². The van der Waals surface area contributed by atoms with Crippen molar-refractivity contribution in [1.82, 2.24) is 9.80 Å². The number of phenols is 1. The SMILES string of the molecule is O=C1c2ccccc2C(=O)N1CCCCN1CCC(c2ccc3c(c2O)CCCC3)CC1. The quantitative estimate of drug-likeness (QED) is 0.538. The van der Waals surface area contributed by atoms with Crippen LogP contribution < -0.4 is 0 Å². The number of benzene rings is 2. The first-order valence-corrected chi connectivity index (χ1v) is 12.1. The van der Waals surface area contributed by atoms with Gasteiger partial charge in [-0.3, -0.25) is 14.5 Å². The minimum atomic E-state index is -0.156. The number of carbonyl (C=O) groups excluding carboxylic acids is 2. The molecule has 32 heavy (non-hydrogen) atoms. The lowest BCUT2D eigenvalue weighted by Gasteiger charge is -2.33. The van der Waals surface area contributed by atoms with Gasteiger partial charge in [-0.05, 0) is 106 Å². The Balaban J connectivity index is 1.08. The maximum absolute atomic E-state index is 12.5. The van der Waals surface area contributed by atoms with E-state index in [0.29, 0.717) is 29.3 Å². The number of likely N-dealkylation sites (tertiary alicyclic amines) is 1. The summed E-state index contributed by atoms with van der Waals surface area (Å²) in [5.41, 5.74) is 4.75. The number of rotatable bonds is 6. The zero-order chi connectivity index (χ0) is 22.1. The molecular formula is C27H32N2O3. The van der Waals surface area contributed by atoms with Crippen molar-refractivity contribution in [2.45, 2.75) is 57.3 Å². The Kier molecular flexibility index (Phi) is 6.01. The molecule has 0 atom stereocenters. The first-order valence-electron chi connectivity index (χ1n) is 12.1. The normalized spacial score (nSPS) is 19.3. The molecule has 1 fully saturated rings. The number of amides is 2. The molecule has 1 saturated heterocycles. The van der Waals surface area contributed by atoms with Crippen LogP contribution in [0.25, 0.3) is 0 Å². The van der Waals surface area contributed by atoms with Crippen molar-refractivity contribution < 1.29 is 14.7 Å². The largest absolute Gasteiger partial charge is 0.507 e.